The Morgan fingerprint density at radius 3 is 2.68 bits per heavy atom. The van der Waals surface area contributed by atoms with Crippen molar-refractivity contribution in [1.82, 2.24) is 15.0 Å². The number of rotatable bonds is 5. The molecule has 0 aliphatic carbocycles. The van der Waals surface area contributed by atoms with Gasteiger partial charge >= 0.3 is 0 Å². The van der Waals surface area contributed by atoms with Crippen molar-refractivity contribution in [1.29, 1.82) is 0 Å². The van der Waals surface area contributed by atoms with Crippen LogP contribution in [0.3, 0.4) is 0 Å². The summed E-state index contributed by atoms with van der Waals surface area (Å²) in [5.41, 5.74) is 5.49. The van der Waals surface area contributed by atoms with Crippen molar-refractivity contribution in [2.24, 2.45) is 10.1 Å². The van der Waals surface area contributed by atoms with Crippen molar-refractivity contribution >= 4 is 44.7 Å². The molecule has 1 amide bonds. The first-order chi connectivity index (χ1) is 17.8. The van der Waals surface area contributed by atoms with Gasteiger partial charge in [0.05, 0.1) is 23.8 Å². The fraction of sp³-hybridized carbons (Fsp3) is 0.385. The van der Waals surface area contributed by atoms with Gasteiger partial charge in [0, 0.05) is 45.1 Å². The minimum atomic E-state index is -2.41. The highest BCUT2D eigenvalue weighted by Crippen LogP contribution is 2.53. The van der Waals surface area contributed by atoms with Crippen LogP contribution in [0.4, 0.5) is 33.5 Å². The number of nitrogens with one attached hydrogen (secondary N) is 1. The van der Waals surface area contributed by atoms with Crippen LogP contribution in [0.25, 0.3) is 0 Å². The average molecular weight is 540 g/mol. The van der Waals surface area contributed by atoms with E-state index in [2.05, 4.69) is 40.3 Å². The molecule has 2 aliphatic rings. The third kappa shape index (κ3) is 4.81. The first kappa shape index (κ1) is 26.0. The van der Waals surface area contributed by atoms with E-state index < -0.39 is 26.9 Å². The number of halogens is 1. The maximum atomic E-state index is 14.3. The molecule has 2 atom stereocenters. The quantitative estimate of drug-likeness (QED) is 0.493. The van der Waals surface area contributed by atoms with E-state index in [4.69, 9.17) is 20.4 Å². The number of benzene rings is 1. The standard InChI is InChI=1S/C26H30FN7O3S/c1-25(2)12-19-26(3,14-37-25)17-13-29-24(30-15-9-10-16(22(28)35)18(27)11-15)32-23(17)34(19)21-8-6-7-20(31-21)33-38(4,5)36/h6-11,13,19H,12,14H2,1-5H3,(H2,28,35)(H,29,30,32)/t19-,26-/m0/s1. The first-order valence-corrected chi connectivity index (χ1v) is 14.4. The molecule has 0 spiro atoms. The van der Waals surface area contributed by atoms with Crippen molar-refractivity contribution in [3.63, 3.8) is 0 Å². The molecule has 38 heavy (non-hydrogen) atoms. The number of fused-ring (bicyclic) bond motifs is 3. The van der Waals surface area contributed by atoms with Gasteiger partial charge in [-0.15, -0.1) is 0 Å². The molecule has 3 N–H and O–H groups in total. The zero-order chi connectivity index (χ0) is 27.5. The van der Waals surface area contributed by atoms with Gasteiger partial charge in [-0.3, -0.25) is 4.79 Å². The van der Waals surface area contributed by atoms with E-state index in [-0.39, 0.29) is 23.2 Å². The summed E-state index contributed by atoms with van der Waals surface area (Å²) < 4.78 is 37.2. The van der Waals surface area contributed by atoms with Crippen molar-refractivity contribution in [2.75, 3.05) is 29.3 Å². The van der Waals surface area contributed by atoms with E-state index in [0.717, 1.165) is 5.56 Å². The number of pyridine rings is 1. The summed E-state index contributed by atoms with van der Waals surface area (Å²) in [6.45, 7) is 6.70. The highest BCUT2D eigenvalue weighted by Gasteiger charge is 2.55. The molecule has 1 aromatic carbocycles. The normalized spacial score (nSPS) is 21.9. The van der Waals surface area contributed by atoms with Crippen LogP contribution in [0.15, 0.2) is 47.0 Å². The van der Waals surface area contributed by atoms with Crippen molar-refractivity contribution in [3.05, 3.63) is 59.5 Å². The number of nitrogens with two attached hydrogens (primary N) is 1. The highest BCUT2D eigenvalue weighted by molar-refractivity contribution is 7.92. The Hall–Kier alpha value is -3.64. The molecule has 5 rings (SSSR count). The molecule has 3 aromatic rings. The lowest BCUT2D eigenvalue weighted by atomic mass is 9.73. The lowest BCUT2D eigenvalue weighted by Gasteiger charge is -2.46. The minimum absolute atomic E-state index is 0.0477. The summed E-state index contributed by atoms with van der Waals surface area (Å²) in [4.78, 5) is 27.5. The van der Waals surface area contributed by atoms with Crippen LogP contribution >= 0.6 is 0 Å². The van der Waals surface area contributed by atoms with E-state index in [1.165, 1.54) is 18.2 Å². The molecule has 0 unspecified atom stereocenters. The molecule has 2 aromatic heterocycles. The van der Waals surface area contributed by atoms with Crippen molar-refractivity contribution in [3.8, 4) is 0 Å². The number of ether oxygens (including phenoxy) is 1. The fourth-order valence-corrected chi connectivity index (χ4v) is 5.56. The Morgan fingerprint density at radius 2 is 2.00 bits per heavy atom. The monoisotopic (exact) mass is 539 g/mol. The molecule has 0 radical (unpaired) electrons. The van der Waals surface area contributed by atoms with Crippen LogP contribution in [-0.4, -0.2) is 55.8 Å². The smallest absolute Gasteiger partial charge is 0.251 e. The van der Waals surface area contributed by atoms with Crippen LogP contribution in [0.2, 0.25) is 0 Å². The Bertz CT molecular complexity index is 1560. The maximum Gasteiger partial charge on any atom is 0.251 e. The highest BCUT2D eigenvalue weighted by atomic mass is 32.2. The Balaban J connectivity index is 1.60. The second-order valence-electron chi connectivity index (χ2n) is 10.8. The second-order valence-corrected chi connectivity index (χ2v) is 13.3. The van der Waals surface area contributed by atoms with Gasteiger partial charge in [-0.1, -0.05) is 13.0 Å². The topological polar surface area (TPSA) is 136 Å². The zero-order valence-corrected chi connectivity index (χ0v) is 22.7. The van der Waals surface area contributed by atoms with Crippen molar-refractivity contribution < 1.29 is 18.1 Å². The van der Waals surface area contributed by atoms with Crippen LogP contribution < -0.4 is 16.0 Å². The molecule has 2 aliphatic heterocycles. The molecule has 1 saturated heterocycles. The van der Waals surface area contributed by atoms with Gasteiger partial charge in [-0.25, -0.2) is 18.6 Å². The molecule has 4 heterocycles. The molecule has 0 saturated carbocycles. The number of hydrogen-bond acceptors (Lipinski definition) is 9. The van der Waals surface area contributed by atoms with Gasteiger partial charge in [0.1, 0.15) is 17.5 Å². The Labute approximate surface area is 221 Å². The average Bonchev–Trinajstić information content (AvgIpc) is 3.05. The molecular weight excluding hydrogens is 509 g/mol. The van der Waals surface area contributed by atoms with Gasteiger partial charge in [0.25, 0.3) is 5.91 Å². The summed E-state index contributed by atoms with van der Waals surface area (Å²) in [7, 11) is -2.41. The first-order valence-electron chi connectivity index (χ1n) is 12.1. The van der Waals surface area contributed by atoms with Gasteiger partial charge in [-0.05, 0) is 50.6 Å². The summed E-state index contributed by atoms with van der Waals surface area (Å²) in [6.07, 6.45) is 5.58. The van der Waals surface area contributed by atoms with E-state index in [1.54, 1.807) is 24.8 Å². The third-order valence-corrected chi connectivity index (χ3v) is 7.50. The summed E-state index contributed by atoms with van der Waals surface area (Å²) >= 11 is 0. The predicted molar refractivity (Wildman–Crippen MR) is 144 cm³/mol. The number of hydrogen-bond donors (Lipinski definition) is 2. The van der Waals surface area contributed by atoms with E-state index >= 15 is 0 Å². The SMILES string of the molecule is CC1(C)C[C@@H]2N(c3cccc(N=S(C)(C)=O)n3)c3nc(Nc4ccc(C(N)=O)c(F)c4)ncc3[C@]2(C)CO1. The summed E-state index contributed by atoms with van der Waals surface area (Å²) in [5.74, 6) is 0.289. The maximum absolute atomic E-state index is 14.3. The molecule has 200 valence electrons. The van der Waals surface area contributed by atoms with Crippen molar-refractivity contribution in [2.45, 2.75) is 44.2 Å². The fourth-order valence-electron chi connectivity index (χ4n) is 5.00. The molecule has 12 heteroatoms. The number of carbonyl (C=O) groups is 1. The van der Waals surface area contributed by atoms with Gasteiger partial charge in [-0.2, -0.15) is 9.35 Å². The van der Waals surface area contributed by atoms with Crippen LogP contribution in [0.1, 0.15) is 43.1 Å². The Morgan fingerprint density at radius 1 is 1.24 bits per heavy atom. The molecular formula is C26H30FN7O3S. The van der Waals surface area contributed by atoms with Gasteiger partial charge in [0.15, 0.2) is 5.82 Å². The van der Waals surface area contributed by atoms with E-state index in [9.17, 15) is 13.4 Å². The molecule has 10 nitrogen and oxygen atoms in total. The second kappa shape index (κ2) is 8.98. The number of primary amides is 1. The largest absolute Gasteiger partial charge is 0.374 e. The molecule has 0 bridgehead atoms. The minimum Gasteiger partial charge on any atom is -0.374 e. The lowest BCUT2D eigenvalue weighted by Crippen LogP contribution is -2.54. The Kier molecular flexibility index (Phi) is 6.14. The third-order valence-electron chi connectivity index (χ3n) is 6.88. The van der Waals surface area contributed by atoms with Crippen LogP contribution in [-0.2, 0) is 19.9 Å². The number of anilines is 4. The zero-order valence-electron chi connectivity index (χ0n) is 21.9. The number of aromatic nitrogens is 3. The van der Waals surface area contributed by atoms with Gasteiger partial charge in [0.2, 0.25) is 5.95 Å². The summed E-state index contributed by atoms with van der Waals surface area (Å²) in [5, 5.41) is 3.02. The number of carbonyl (C=O) groups excluding carboxylic acids is 1. The van der Waals surface area contributed by atoms with E-state index in [0.29, 0.717) is 36.2 Å². The summed E-state index contributed by atoms with van der Waals surface area (Å²) in [6, 6.07) is 9.39. The number of nitrogens with zero attached hydrogens (tertiary/aromatic N) is 5. The van der Waals surface area contributed by atoms with Gasteiger partial charge < -0.3 is 20.7 Å². The van der Waals surface area contributed by atoms with Crippen LogP contribution in [0.5, 0.6) is 0 Å². The van der Waals surface area contributed by atoms with Crippen LogP contribution in [0, 0.1) is 5.82 Å². The predicted octanol–water partition coefficient (Wildman–Crippen LogP) is 4.19. The number of amides is 1. The van der Waals surface area contributed by atoms with E-state index in [1.807, 2.05) is 12.1 Å². The molecule has 1 fully saturated rings. The lowest BCUT2D eigenvalue weighted by molar-refractivity contribution is -0.0893.